The summed E-state index contributed by atoms with van der Waals surface area (Å²) in [6.45, 7) is 4.60. The first-order chi connectivity index (χ1) is 36.0. The number of phosphoric acid groups is 1. The number of hydrogen-bond acceptors (Lipinski definition) is 6. The number of nitrogens with one attached hydrogen (secondary N) is 1. The summed E-state index contributed by atoms with van der Waals surface area (Å²) in [5.74, 6) is -0.175. The summed E-state index contributed by atoms with van der Waals surface area (Å²) in [4.78, 5) is 25.5. The lowest BCUT2D eigenvalue weighted by Crippen LogP contribution is -2.46. The highest BCUT2D eigenvalue weighted by atomic mass is 31.2. The third-order valence-corrected chi connectivity index (χ3v) is 14.0. The summed E-state index contributed by atoms with van der Waals surface area (Å²) < 4.78 is 23.4. The smallest absolute Gasteiger partial charge is 0.268 e. The molecule has 74 heavy (non-hydrogen) atoms. The van der Waals surface area contributed by atoms with Crippen LogP contribution in [0.25, 0.3) is 0 Å². The molecule has 0 aliphatic carbocycles. The molecule has 0 fully saturated rings. The predicted octanol–water partition coefficient (Wildman–Crippen LogP) is 18.1. The van der Waals surface area contributed by atoms with Crippen LogP contribution in [0.1, 0.15) is 245 Å². The molecule has 0 aromatic carbocycles. The van der Waals surface area contributed by atoms with Gasteiger partial charge in [-0.15, -0.1) is 0 Å². The summed E-state index contributed by atoms with van der Waals surface area (Å²) in [6, 6.07) is -0.811. The molecule has 0 bridgehead atoms. The second-order valence-corrected chi connectivity index (χ2v) is 22.7. The Morgan fingerprint density at radius 2 is 0.824 bits per heavy atom. The van der Waals surface area contributed by atoms with Crippen molar-refractivity contribution in [1.82, 2.24) is 5.32 Å². The lowest BCUT2D eigenvalue weighted by atomic mass is 10.0. The SMILES string of the molecule is CC/C=C\C/C=C\C/C=C\C/C=C\C/C=C\C/C=C\C/C=C\C/C=C\C/C=C\CCCCCCCCCCCC(=O)NC(COP(=O)([O-])OCC[N+](C)(C)C)C(O)CCCCCCCCCCCCCCCCC. The maximum atomic E-state index is 13.0. The zero-order valence-corrected chi connectivity index (χ0v) is 49.4. The molecule has 3 unspecified atom stereocenters. The largest absolute Gasteiger partial charge is 0.756 e. The number of allylic oxidation sites excluding steroid dienone is 18. The first-order valence-electron chi connectivity index (χ1n) is 30.2. The van der Waals surface area contributed by atoms with E-state index in [1.165, 1.54) is 116 Å². The van der Waals surface area contributed by atoms with Gasteiger partial charge < -0.3 is 28.8 Å². The summed E-state index contributed by atoms with van der Waals surface area (Å²) in [5.41, 5.74) is 0. The van der Waals surface area contributed by atoms with Gasteiger partial charge in [0.2, 0.25) is 5.91 Å². The number of rotatable bonds is 54. The fraction of sp³-hybridized carbons (Fsp3) is 0.708. The normalized spacial score (nSPS) is 14.6. The van der Waals surface area contributed by atoms with E-state index in [0.717, 1.165) is 103 Å². The fourth-order valence-electron chi connectivity index (χ4n) is 8.33. The minimum atomic E-state index is -4.58. The molecule has 0 aromatic heterocycles. The van der Waals surface area contributed by atoms with Gasteiger partial charge in [-0.1, -0.05) is 264 Å². The molecule has 426 valence electrons. The Labute approximate surface area is 457 Å². The van der Waals surface area contributed by atoms with Crippen molar-refractivity contribution in [2.75, 3.05) is 40.9 Å². The first kappa shape index (κ1) is 71.2. The molecule has 0 saturated heterocycles. The van der Waals surface area contributed by atoms with Gasteiger partial charge in [-0.05, 0) is 83.5 Å². The van der Waals surface area contributed by atoms with Crippen molar-refractivity contribution in [3.05, 3.63) is 109 Å². The van der Waals surface area contributed by atoms with Crippen LogP contribution in [0.15, 0.2) is 109 Å². The van der Waals surface area contributed by atoms with E-state index < -0.39 is 20.0 Å². The van der Waals surface area contributed by atoms with Crippen molar-refractivity contribution in [3.8, 4) is 0 Å². The number of aliphatic hydroxyl groups excluding tert-OH is 1. The topological polar surface area (TPSA) is 108 Å². The van der Waals surface area contributed by atoms with Gasteiger partial charge in [0.1, 0.15) is 13.2 Å². The molecular formula is C65H115N2O6P. The minimum Gasteiger partial charge on any atom is -0.756 e. The lowest BCUT2D eigenvalue weighted by Gasteiger charge is -2.30. The highest BCUT2D eigenvalue weighted by Crippen LogP contribution is 2.38. The summed E-state index contributed by atoms with van der Waals surface area (Å²) in [6.07, 6.45) is 79.8. The standard InChI is InChI=1S/C65H115N2O6P/c1-6-8-10-12-14-16-18-20-22-23-24-25-26-27-28-29-30-31-32-33-34-35-36-37-38-39-40-41-42-43-45-47-49-51-53-55-57-59-65(69)66-63(62-73-74(70,71)72-61-60-67(3,4)5)64(68)58-56-54-52-50-48-46-44-21-19-17-15-13-11-9-7-2/h8,10,14,16,20,22,24-25,27-28,30-31,33-34,36-37,39-40,63-64,68H,6-7,9,11-13,15,17-19,21,23,26,29,32,35,38,41-62H2,1-5H3,(H-,66,69,70,71)/b10-8-,16-14-,22-20-,25-24-,28-27-,31-30-,34-33-,37-36-,40-39-. The van der Waals surface area contributed by atoms with E-state index >= 15 is 0 Å². The average Bonchev–Trinajstić information content (AvgIpc) is 3.36. The van der Waals surface area contributed by atoms with Crippen LogP contribution in [0.2, 0.25) is 0 Å². The molecule has 0 aliphatic heterocycles. The van der Waals surface area contributed by atoms with E-state index in [-0.39, 0.29) is 19.1 Å². The van der Waals surface area contributed by atoms with Gasteiger partial charge in [-0.25, -0.2) is 0 Å². The molecule has 0 radical (unpaired) electrons. The molecule has 0 spiro atoms. The van der Waals surface area contributed by atoms with Crippen LogP contribution in [-0.2, 0) is 18.4 Å². The van der Waals surface area contributed by atoms with Crippen LogP contribution in [-0.4, -0.2) is 68.5 Å². The Bertz CT molecular complexity index is 1570. The Kier molecular flexibility index (Phi) is 52.8. The third kappa shape index (κ3) is 56.9. The molecular weight excluding hydrogens is 936 g/mol. The van der Waals surface area contributed by atoms with Gasteiger partial charge in [-0.3, -0.25) is 9.36 Å². The van der Waals surface area contributed by atoms with Crippen molar-refractivity contribution < 1.29 is 32.9 Å². The maximum absolute atomic E-state index is 13.0. The molecule has 0 aromatic rings. The third-order valence-electron chi connectivity index (χ3n) is 13.0. The number of carbonyl (C=O) groups is 1. The van der Waals surface area contributed by atoms with Crippen LogP contribution >= 0.6 is 7.82 Å². The number of unbranched alkanes of at least 4 members (excludes halogenated alkanes) is 23. The molecule has 0 rings (SSSR count). The number of likely N-dealkylation sites (N-methyl/N-ethyl adjacent to an activating group) is 1. The van der Waals surface area contributed by atoms with Crippen molar-refractivity contribution in [1.29, 1.82) is 0 Å². The van der Waals surface area contributed by atoms with Crippen LogP contribution in [0.3, 0.4) is 0 Å². The van der Waals surface area contributed by atoms with E-state index in [9.17, 15) is 19.4 Å². The minimum absolute atomic E-state index is 0.00635. The second-order valence-electron chi connectivity index (χ2n) is 21.3. The Morgan fingerprint density at radius 1 is 0.486 bits per heavy atom. The highest BCUT2D eigenvalue weighted by molar-refractivity contribution is 7.45. The molecule has 2 N–H and O–H groups in total. The zero-order chi connectivity index (χ0) is 54.2. The molecule has 9 heteroatoms. The van der Waals surface area contributed by atoms with E-state index in [0.29, 0.717) is 23.9 Å². The maximum Gasteiger partial charge on any atom is 0.268 e. The van der Waals surface area contributed by atoms with Crippen molar-refractivity contribution in [2.45, 2.75) is 257 Å². The Hall–Kier alpha value is -2.84. The molecule has 0 heterocycles. The molecule has 0 aliphatic rings. The average molecular weight is 1050 g/mol. The van der Waals surface area contributed by atoms with E-state index in [1.54, 1.807) is 0 Å². The number of quaternary nitrogens is 1. The molecule has 1 amide bonds. The second kappa shape index (κ2) is 54.9. The van der Waals surface area contributed by atoms with Crippen molar-refractivity contribution >= 4 is 13.7 Å². The Morgan fingerprint density at radius 3 is 1.20 bits per heavy atom. The number of carbonyl (C=O) groups excluding carboxylic acids is 1. The summed E-state index contributed by atoms with van der Waals surface area (Å²) in [5, 5.41) is 14.0. The molecule has 8 nitrogen and oxygen atoms in total. The number of nitrogens with zero attached hydrogens (tertiary/aromatic N) is 1. The Balaban J connectivity index is 4.11. The van der Waals surface area contributed by atoms with Crippen molar-refractivity contribution in [3.63, 3.8) is 0 Å². The van der Waals surface area contributed by atoms with Crippen LogP contribution < -0.4 is 10.2 Å². The van der Waals surface area contributed by atoms with Gasteiger partial charge >= 0.3 is 0 Å². The van der Waals surface area contributed by atoms with Gasteiger partial charge in [-0.2, -0.15) is 0 Å². The van der Waals surface area contributed by atoms with Crippen LogP contribution in [0, 0.1) is 0 Å². The van der Waals surface area contributed by atoms with E-state index in [2.05, 4.69) is 129 Å². The van der Waals surface area contributed by atoms with Gasteiger partial charge in [0.05, 0.1) is 39.9 Å². The van der Waals surface area contributed by atoms with E-state index in [4.69, 9.17) is 9.05 Å². The van der Waals surface area contributed by atoms with Crippen LogP contribution in [0.5, 0.6) is 0 Å². The predicted molar refractivity (Wildman–Crippen MR) is 320 cm³/mol. The highest BCUT2D eigenvalue weighted by Gasteiger charge is 2.24. The molecule has 0 saturated carbocycles. The summed E-state index contributed by atoms with van der Waals surface area (Å²) >= 11 is 0. The van der Waals surface area contributed by atoms with Gasteiger partial charge in [0.15, 0.2) is 0 Å². The number of aliphatic hydroxyl groups is 1. The van der Waals surface area contributed by atoms with Crippen LogP contribution in [0.4, 0.5) is 0 Å². The number of hydrogen-bond donors (Lipinski definition) is 2. The van der Waals surface area contributed by atoms with E-state index in [1.807, 2.05) is 21.1 Å². The van der Waals surface area contributed by atoms with Gasteiger partial charge in [0, 0.05) is 6.42 Å². The monoisotopic (exact) mass is 1050 g/mol. The molecule has 3 atom stereocenters. The quantitative estimate of drug-likeness (QED) is 0.0272. The lowest BCUT2D eigenvalue weighted by molar-refractivity contribution is -0.870. The van der Waals surface area contributed by atoms with Gasteiger partial charge in [0.25, 0.3) is 7.82 Å². The first-order valence-corrected chi connectivity index (χ1v) is 31.7. The summed E-state index contributed by atoms with van der Waals surface area (Å²) in [7, 11) is 1.29. The number of phosphoric ester groups is 1. The zero-order valence-electron chi connectivity index (χ0n) is 48.5. The van der Waals surface area contributed by atoms with Crippen molar-refractivity contribution in [2.24, 2.45) is 0 Å². The fourth-order valence-corrected chi connectivity index (χ4v) is 9.05. The number of amides is 1.